The molecular formula is C16H14N2O4. The van der Waals surface area contributed by atoms with Crippen LogP contribution in [-0.4, -0.2) is 20.6 Å². The van der Waals surface area contributed by atoms with E-state index < -0.39 is 6.16 Å². The Kier molecular flexibility index (Phi) is 3.29. The Morgan fingerprint density at radius 2 is 2.05 bits per heavy atom. The van der Waals surface area contributed by atoms with E-state index in [1.54, 1.807) is 6.07 Å². The van der Waals surface area contributed by atoms with Gasteiger partial charge in [-0.25, -0.2) is 9.78 Å². The summed E-state index contributed by atoms with van der Waals surface area (Å²) in [5.74, 6) is 0.438. The first kappa shape index (κ1) is 14.1. The highest BCUT2D eigenvalue weighted by molar-refractivity contribution is 5.80. The molecule has 1 aromatic carbocycles. The molecule has 2 heterocycles. The highest BCUT2D eigenvalue weighted by atomic mass is 16.7. The fraction of sp³-hybridized carbons (Fsp3) is 0.188. The number of carboxylic acid groups (broad SMARTS) is 1. The van der Waals surface area contributed by atoms with Crippen LogP contribution >= 0.6 is 0 Å². The molecule has 22 heavy (non-hydrogen) atoms. The summed E-state index contributed by atoms with van der Waals surface area (Å²) in [6.45, 7) is 4.12. The van der Waals surface area contributed by atoms with Crippen LogP contribution in [0.25, 0.3) is 16.6 Å². The molecule has 0 atom stereocenters. The van der Waals surface area contributed by atoms with Crippen LogP contribution in [0, 0.1) is 0 Å². The van der Waals surface area contributed by atoms with Crippen molar-refractivity contribution in [2.24, 2.45) is 0 Å². The van der Waals surface area contributed by atoms with Gasteiger partial charge in [0, 0.05) is 12.3 Å². The summed E-state index contributed by atoms with van der Waals surface area (Å²) in [5.41, 5.74) is 1.79. The number of pyridine rings is 1. The zero-order valence-electron chi connectivity index (χ0n) is 12.1. The van der Waals surface area contributed by atoms with E-state index in [9.17, 15) is 9.59 Å². The Bertz CT molecular complexity index is 944. The number of hydrogen-bond acceptors (Lipinski definition) is 4. The van der Waals surface area contributed by atoms with Crippen LogP contribution in [0.1, 0.15) is 25.3 Å². The lowest BCUT2D eigenvalue weighted by molar-refractivity contribution is 0.144. The van der Waals surface area contributed by atoms with E-state index in [0.29, 0.717) is 22.5 Å². The first-order chi connectivity index (χ1) is 10.5. The summed E-state index contributed by atoms with van der Waals surface area (Å²) >= 11 is 0. The summed E-state index contributed by atoms with van der Waals surface area (Å²) in [7, 11) is 0. The van der Waals surface area contributed by atoms with Gasteiger partial charge in [-0.3, -0.25) is 9.20 Å². The van der Waals surface area contributed by atoms with Crippen molar-refractivity contribution < 1.29 is 14.6 Å². The van der Waals surface area contributed by atoms with E-state index in [1.165, 1.54) is 22.7 Å². The normalized spacial score (nSPS) is 11.2. The van der Waals surface area contributed by atoms with Gasteiger partial charge in [0.1, 0.15) is 11.4 Å². The second kappa shape index (κ2) is 5.14. The maximum absolute atomic E-state index is 12.6. The molecule has 3 rings (SSSR count). The minimum absolute atomic E-state index is 0.123. The van der Waals surface area contributed by atoms with Crippen LogP contribution in [0.4, 0.5) is 4.79 Å². The molecule has 0 spiro atoms. The number of aromatic nitrogens is 2. The maximum atomic E-state index is 12.6. The summed E-state index contributed by atoms with van der Waals surface area (Å²) in [5, 5.41) is 9.17. The van der Waals surface area contributed by atoms with Crippen molar-refractivity contribution in [3.8, 4) is 5.75 Å². The van der Waals surface area contributed by atoms with Gasteiger partial charge in [-0.15, -0.1) is 0 Å². The number of nitrogens with zero attached hydrogens (tertiary/aromatic N) is 2. The second-order valence-corrected chi connectivity index (χ2v) is 5.31. The number of ether oxygens (including phenoxy) is 1. The van der Waals surface area contributed by atoms with Crippen LogP contribution in [0.3, 0.4) is 0 Å². The maximum Gasteiger partial charge on any atom is 0.511 e. The van der Waals surface area contributed by atoms with Crippen LogP contribution in [0.15, 0.2) is 41.3 Å². The Labute approximate surface area is 125 Å². The minimum Gasteiger partial charge on any atom is -0.449 e. The molecule has 0 saturated carbocycles. The zero-order valence-corrected chi connectivity index (χ0v) is 12.1. The van der Waals surface area contributed by atoms with Crippen LogP contribution in [0.5, 0.6) is 5.75 Å². The predicted molar refractivity (Wildman–Crippen MR) is 81.7 cm³/mol. The first-order valence-corrected chi connectivity index (χ1v) is 6.82. The molecule has 0 amide bonds. The van der Waals surface area contributed by atoms with Crippen molar-refractivity contribution in [2.75, 3.05) is 0 Å². The molecule has 0 radical (unpaired) electrons. The fourth-order valence-electron chi connectivity index (χ4n) is 2.33. The van der Waals surface area contributed by atoms with Gasteiger partial charge < -0.3 is 9.84 Å². The Morgan fingerprint density at radius 3 is 2.73 bits per heavy atom. The van der Waals surface area contributed by atoms with E-state index in [0.717, 1.165) is 5.56 Å². The number of hydrogen-bond donors (Lipinski definition) is 1. The van der Waals surface area contributed by atoms with Gasteiger partial charge in [0.05, 0.1) is 10.9 Å². The van der Waals surface area contributed by atoms with Gasteiger partial charge in [0.2, 0.25) is 0 Å². The summed E-state index contributed by atoms with van der Waals surface area (Å²) in [4.78, 5) is 27.5. The Balaban J connectivity index is 2.26. The lowest BCUT2D eigenvalue weighted by Gasteiger charge is -2.08. The Hall–Kier alpha value is -2.89. The average molecular weight is 298 g/mol. The topological polar surface area (TPSA) is 80.9 Å². The third-order valence-corrected chi connectivity index (χ3v) is 3.48. The summed E-state index contributed by atoms with van der Waals surface area (Å²) < 4.78 is 5.96. The van der Waals surface area contributed by atoms with Gasteiger partial charge in [-0.05, 0) is 29.7 Å². The van der Waals surface area contributed by atoms with Gasteiger partial charge in [0.15, 0.2) is 0 Å². The van der Waals surface area contributed by atoms with Gasteiger partial charge in [-0.2, -0.15) is 0 Å². The molecular weight excluding hydrogens is 284 g/mol. The second-order valence-electron chi connectivity index (χ2n) is 5.31. The lowest BCUT2D eigenvalue weighted by Crippen LogP contribution is -2.15. The predicted octanol–water partition coefficient (Wildman–Crippen LogP) is 3.03. The summed E-state index contributed by atoms with van der Waals surface area (Å²) in [6, 6.07) is 8.43. The van der Waals surface area contributed by atoms with Crippen LogP contribution in [-0.2, 0) is 0 Å². The zero-order chi connectivity index (χ0) is 15.9. The summed E-state index contributed by atoms with van der Waals surface area (Å²) in [6.07, 6.45) is 0.0544. The lowest BCUT2D eigenvalue weighted by atomic mass is 10.0. The number of benzene rings is 1. The molecule has 0 aliphatic rings. The SMILES string of the molecule is CC(C)c1ccc2nc3cc(OC(=O)O)ccn3c(=O)c2c1. The highest BCUT2D eigenvalue weighted by Crippen LogP contribution is 2.20. The quantitative estimate of drug-likeness (QED) is 0.581. The largest absolute Gasteiger partial charge is 0.511 e. The minimum atomic E-state index is -1.41. The average Bonchev–Trinajstić information content (AvgIpc) is 2.46. The van der Waals surface area contributed by atoms with Crippen molar-refractivity contribution in [1.29, 1.82) is 0 Å². The van der Waals surface area contributed by atoms with Crippen molar-refractivity contribution in [2.45, 2.75) is 19.8 Å². The molecule has 112 valence electrons. The number of fused-ring (bicyclic) bond motifs is 2. The van der Waals surface area contributed by atoms with E-state index >= 15 is 0 Å². The van der Waals surface area contributed by atoms with Crippen molar-refractivity contribution in [3.05, 3.63) is 52.4 Å². The standard InChI is InChI=1S/C16H14N2O4/c1-9(2)10-3-4-13-12(7-10)15(19)18-6-5-11(22-16(20)21)8-14(18)17-13/h3-9H,1-2H3,(H,20,21). The van der Waals surface area contributed by atoms with Crippen molar-refractivity contribution >= 4 is 22.7 Å². The number of carbonyl (C=O) groups is 1. The fourth-order valence-corrected chi connectivity index (χ4v) is 2.33. The van der Waals surface area contributed by atoms with E-state index in [-0.39, 0.29) is 11.3 Å². The molecule has 2 aromatic heterocycles. The Morgan fingerprint density at radius 1 is 1.27 bits per heavy atom. The first-order valence-electron chi connectivity index (χ1n) is 6.82. The molecule has 6 heteroatoms. The van der Waals surface area contributed by atoms with Crippen molar-refractivity contribution in [1.82, 2.24) is 9.38 Å². The molecule has 0 saturated heterocycles. The third-order valence-electron chi connectivity index (χ3n) is 3.48. The third kappa shape index (κ3) is 2.39. The van der Waals surface area contributed by atoms with E-state index in [4.69, 9.17) is 5.11 Å². The van der Waals surface area contributed by atoms with Crippen molar-refractivity contribution in [3.63, 3.8) is 0 Å². The molecule has 0 aliphatic heterocycles. The molecule has 0 aliphatic carbocycles. The number of rotatable bonds is 2. The van der Waals surface area contributed by atoms with E-state index in [2.05, 4.69) is 23.6 Å². The molecule has 0 fully saturated rings. The van der Waals surface area contributed by atoms with Gasteiger partial charge in [0.25, 0.3) is 5.56 Å². The smallest absolute Gasteiger partial charge is 0.449 e. The van der Waals surface area contributed by atoms with Gasteiger partial charge in [-0.1, -0.05) is 19.9 Å². The van der Waals surface area contributed by atoms with E-state index in [1.807, 2.05) is 12.1 Å². The molecule has 3 aromatic rings. The monoisotopic (exact) mass is 298 g/mol. The van der Waals surface area contributed by atoms with Crippen LogP contribution < -0.4 is 10.3 Å². The van der Waals surface area contributed by atoms with Crippen LogP contribution in [0.2, 0.25) is 0 Å². The van der Waals surface area contributed by atoms with Gasteiger partial charge >= 0.3 is 6.16 Å². The molecule has 1 N–H and O–H groups in total. The molecule has 0 bridgehead atoms. The highest BCUT2D eigenvalue weighted by Gasteiger charge is 2.09. The molecule has 0 unspecified atom stereocenters. The molecule has 6 nitrogen and oxygen atoms in total.